The Bertz CT molecular complexity index is 389. The van der Waals surface area contributed by atoms with Crippen molar-refractivity contribution >= 4 is 5.95 Å². The van der Waals surface area contributed by atoms with Crippen LogP contribution in [0.2, 0.25) is 0 Å². The van der Waals surface area contributed by atoms with Gasteiger partial charge in [0.25, 0.3) is 0 Å². The Morgan fingerprint density at radius 1 is 1.17 bits per heavy atom. The summed E-state index contributed by atoms with van der Waals surface area (Å²) < 4.78 is 0. The molecule has 1 aliphatic rings. The predicted octanol–water partition coefficient (Wildman–Crippen LogP) is 1.50. The molecule has 0 unspecified atom stereocenters. The van der Waals surface area contributed by atoms with Crippen molar-refractivity contribution in [3.8, 4) is 0 Å². The van der Waals surface area contributed by atoms with Crippen LogP contribution >= 0.6 is 0 Å². The van der Waals surface area contributed by atoms with Gasteiger partial charge in [-0.05, 0) is 32.7 Å². The molecule has 5 nitrogen and oxygen atoms in total. The number of nitrogens with one attached hydrogen (secondary N) is 1. The van der Waals surface area contributed by atoms with Gasteiger partial charge in [0.2, 0.25) is 5.95 Å². The standard InChI is InChI=1S/C13H23N5/c1-4-11-12(5-2)16-17-13(15-11)14-8-9-18(3)10-6-7-10/h10H,4-9H2,1-3H3,(H,14,15,17). The number of hydrogen-bond donors (Lipinski definition) is 1. The van der Waals surface area contributed by atoms with Crippen molar-refractivity contribution in [2.24, 2.45) is 0 Å². The monoisotopic (exact) mass is 249 g/mol. The molecule has 0 atom stereocenters. The summed E-state index contributed by atoms with van der Waals surface area (Å²) in [6.45, 7) is 6.10. The van der Waals surface area contributed by atoms with Gasteiger partial charge in [0, 0.05) is 19.1 Å². The molecule has 18 heavy (non-hydrogen) atoms. The molecular weight excluding hydrogens is 226 g/mol. The van der Waals surface area contributed by atoms with E-state index in [9.17, 15) is 0 Å². The van der Waals surface area contributed by atoms with Gasteiger partial charge in [-0.15, -0.1) is 5.10 Å². The van der Waals surface area contributed by atoms with Crippen LogP contribution in [0.5, 0.6) is 0 Å². The van der Waals surface area contributed by atoms with Gasteiger partial charge in [-0.25, -0.2) is 4.98 Å². The maximum Gasteiger partial charge on any atom is 0.243 e. The van der Waals surface area contributed by atoms with Gasteiger partial charge < -0.3 is 10.2 Å². The van der Waals surface area contributed by atoms with Gasteiger partial charge in [-0.1, -0.05) is 13.8 Å². The summed E-state index contributed by atoms with van der Waals surface area (Å²) in [4.78, 5) is 6.91. The Morgan fingerprint density at radius 3 is 2.50 bits per heavy atom. The van der Waals surface area contributed by atoms with Crippen LogP contribution in [0.3, 0.4) is 0 Å². The highest BCUT2D eigenvalue weighted by atomic mass is 15.3. The fourth-order valence-electron chi connectivity index (χ4n) is 2.05. The number of aromatic nitrogens is 3. The number of hydrogen-bond acceptors (Lipinski definition) is 5. The van der Waals surface area contributed by atoms with Gasteiger partial charge >= 0.3 is 0 Å². The first-order valence-corrected chi connectivity index (χ1v) is 6.91. The Labute approximate surface area is 109 Å². The van der Waals surface area contributed by atoms with E-state index in [0.717, 1.165) is 43.4 Å². The number of anilines is 1. The fraction of sp³-hybridized carbons (Fsp3) is 0.769. The molecule has 1 aliphatic carbocycles. The van der Waals surface area contributed by atoms with Gasteiger partial charge in [-0.2, -0.15) is 5.10 Å². The summed E-state index contributed by atoms with van der Waals surface area (Å²) in [6, 6.07) is 0.805. The second-order valence-electron chi connectivity index (χ2n) is 4.87. The average molecular weight is 249 g/mol. The van der Waals surface area contributed by atoms with Crippen LogP contribution in [-0.2, 0) is 12.8 Å². The van der Waals surface area contributed by atoms with E-state index in [1.165, 1.54) is 12.8 Å². The molecule has 100 valence electrons. The van der Waals surface area contributed by atoms with Crippen molar-refractivity contribution in [1.82, 2.24) is 20.1 Å². The van der Waals surface area contributed by atoms with Crippen molar-refractivity contribution in [2.45, 2.75) is 45.6 Å². The molecule has 0 bridgehead atoms. The third-order valence-electron chi connectivity index (χ3n) is 3.43. The minimum Gasteiger partial charge on any atom is -0.352 e. The lowest BCUT2D eigenvalue weighted by Gasteiger charge is -2.15. The van der Waals surface area contributed by atoms with Crippen LogP contribution in [0.1, 0.15) is 38.1 Å². The Morgan fingerprint density at radius 2 is 1.89 bits per heavy atom. The first kappa shape index (κ1) is 13.2. The van der Waals surface area contributed by atoms with E-state index in [-0.39, 0.29) is 0 Å². The lowest BCUT2D eigenvalue weighted by atomic mass is 10.2. The lowest BCUT2D eigenvalue weighted by molar-refractivity contribution is 0.337. The second-order valence-corrected chi connectivity index (χ2v) is 4.87. The molecule has 1 fully saturated rings. The third-order valence-corrected chi connectivity index (χ3v) is 3.43. The minimum absolute atomic E-state index is 0.660. The van der Waals surface area contributed by atoms with Crippen LogP contribution < -0.4 is 5.32 Å². The zero-order chi connectivity index (χ0) is 13.0. The smallest absolute Gasteiger partial charge is 0.243 e. The highest BCUT2D eigenvalue weighted by molar-refractivity contribution is 5.25. The van der Waals surface area contributed by atoms with E-state index in [0.29, 0.717) is 5.95 Å². The SMILES string of the molecule is CCc1nnc(NCCN(C)C2CC2)nc1CC. The summed E-state index contributed by atoms with van der Waals surface area (Å²) in [5.74, 6) is 0.660. The molecule has 0 saturated heterocycles. The maximum absolute atomic E-state index is 4.52. The first-order chi connectivity index (χ1) is 8.74. The molecule has 1 N–H and O–H groups in total. The van der Waals surface area contributed by atoms with E-state index in [4.69, 9.17) is 0 Å². The van der Waals surface area contributed by atoms with Gasteiger partial charge in [-0.3, -0.25) is 0 Å². The van der Waals surface area contributed by atoms with E-state index in [2.05, 4.69) is 46.3 Å². The van der Waals surface area contributed by atoms with Gasteiger partial charge in [0.1, 0.15) is 0 Å². The van der Waals surface area contributed by atoms with Crippen LogP contribution in [0, 0.1) is 0 Å². The molecule has 0 spiro atoms. The Kier molecular flexibility index (Phi) is 4.47. The molecule has 0 amide bonds. The molecule has 1 aromatic heterocycles. The van der Waals surface area contributed by atoms with E-state index >= 15 is 0 Å². The maximum atomic E-state index is 4.52. The molecule has 0 aromatic carbocycles. The van der Waals surface area contributed by atoms with Gasteiger partial charge in [0.15, 0.2) is 0 Å². The lowest BCUT2D eigenvalue weighted by Crippen LogP contribution is -2.27. The topological polar surface area (TPSA) is 53.9 Å². The highest BCUT2D eigenvalue weighted by Crippen LogP contribution is 2.24. The molecular formula is C13H23N5. The normalized spacial score (nSPS) is 15.1. The summed E-state index contributed by atoms with van der Waals surface area (Å²) in [6.07, 6.45) is 4.50. The minimum atomic E-state index is 0.660. The number of aryl methyl sites for hydroxylation is 2. The number of nitrogens with zero attached hydrogens (tertiary/aromatic N) is 4. The van der Waals surface area contributed by atoms with Crippen LogP contribution in [0.25, 0.3) is 0 Å². The first-order valence-electron chi connectivity index (χ1n) is 6.91. The zero-order valence-electron chi connectivity index (χ0n) is 11.6. The van der Waals surface area contributed by atoms with Crippen LogP contribution in [0.4, 0.5) is 5.95 Å². The quantitative estimate of drug-likeness (QED) is 0.793. The van der Waals surface area contributed by atoms with Crippen molar-refractivity contribution in [1.29, 1.82) is 0 Å². The van der Waals surface area contributed by atoms with E-state index < -0.39 is 0 Å². The molecule has 1 heterocycles. The molecule has 1 saturated carbocycles. The average Bonchev–Trinajstić information content (AvgIpc) is 3.22. The summed E-state index contributed by atoms with van der Waals surface area (Å²) >= 11 is 0. The van der Waals surface area contributed by atoms with Crippen molar-refractivity contribution in [3.63, 3.8) is 0 Å². The molecule has 0 aliphatic heterocycles. The fourth-order valence-corrected chi connectivity index (χ4v) is 2.05. The summed E-state index contributed by atoms with van der Waals surface area (Å²) in [5, 5.41) is 11.6. The largest absolute Gasteiger partial charge is 0.352 e. The molecule has 5 heteroatoms. The number of likely N-dealkylation sites (N-methyl/N-ethyl adjacent to an activating group) is 1. The van der Waals surface area contributed by atoms with Crippen molar-refractivity contribution < 1.29 is 0 Å². The predicted molar refractivity (Wildman–Crippen MR) is 72.7 cm³/mol. The van der Waals surface area contributed by atoms with Gasteiger partial charge in [0.05, 0.1) is 11.4 Å². The highest BCUT2D eigenvalue weighted by Gasteiger charge is 2.25. The molecule has 0 radical (unpaired) electrons. The second kappa shape index (κ2) is 6.09. The third kappa shape index (κ3) is 3.38. The van der Waals surface area contributed by atoms with E-state index in [1.807, 2.05) is 0 Å². The van der Waals surface area contributed by atoms with E-state index in [1.54, 1.807) is 0 Å². The Hall–Kier alpha value is -1.23. The molecule has 1 aromatic rings. The summed E-state index contributed by atoms with van der Waals surface area (Å²) in [7, 11) is 2.18. The summed E-state index contributed by atoms with van der Waals surface area (Å²) in [5.41, 5.74) is 2.07. The molecule has 2 rings (SSSR count). The Balaban J connectivity index is 1.84. The zero-order valence-corrected chi connectivity index (χ0v) is 11.6. The number of rotatable bonds is 7. The van der Waals surface area contributed by atoms with Crippen LogP contribution in [0.15, 0.2) is 0 Å². The van der Waals surface area contributed by atoms with Crippen LogP contribution in [-0.4, -0.2) is 46.3 Å². The van der Waals surface area contributed by atoms with Crippen molar-refractivity contribution in [3.05, 3.63) is 11.4 Å². The van der Waals surface area contributed by atoms with Crippen molar-refractivity contribution in [2.75, 3.05) is 25.5 Å².